The molecule has 1 saturated heterocycles. The lowest BCUT2D eigenvalue weighted by Gasteiger charge is -2.18. The van der Waals surface area contributed by atoms with E-state index in [-0.39, 0.29) is 17.6 Å². The third-order valence-electron chi connectivity index (χ3n) is 5.45. The Morgan fingerprint density at radius 2 is 1.96 bits per heavy atom. The third-order valence-corrected chi connectivity index (χ3v) is 5.45. The number of nitrogens with zero attached hydrogens (tertiary/aromatic N) is 3. The van der Waals surface area contributed by atoms with Gasteiger partial charge in [0.25, 0.3) is 5.91 Å². The monoisotopic (exact) mass is 377 g/mol. The van der Waals surface area contributed by atoms with Gasteiger partial charge in [0.2, 0.25) is 0 Å². The van der Waals surface area contributed by atoms with Crippen molar-refractivity contribution in [3.63, 3.8) is 0 Å². The number of aromatic nitrogens is 2. The van der Waals surface area contributed by atoms with Gasteiger partial charge in [-0.05, 0) is 50.1 Å². The highest BCUT2D eigenvalue weighted by Crippen LogP contribution is 2.28. The van der Waals surface area contributed by atoms with Crippen LogP contribution in [0.4, 0.5) is 4.39 Å². The number of benzene rings is 2. The standard InChI is InChI=1S/C23H24FN3O/c1-16-4-3-5-19(12-16)23(28)26-11-10-20(15-26)22-25-13-17(2)27(22)14-18-6-8-21(24)9-7-18/h3-9,12-13,20H,10-11,14-15H2,1-2H3. The summed E-state index contributed by atoms with van der Waals surface area (Å²) < 4.78 is 15.4. The van der Waals surface area contributed by atoms with Gasteiger partial charge in [-0.15, -0.1) is 0 Å². The fourth-order valence-corrected chi connectivity index (χ4v) is 3.90. The number of halogens is 1. The Bertz CT molecular complexity index is 993. The predicted octanol–water partition coefficient (Wildman–Crippen LogP) is 4.32. The molecule has 4 nitrogen and oxygen atoms in total. The maximum Gasteiger partial charge on any atom is 0.253 e. The third kappa shape index (κ3) is 3.70. The Balaban J connectivity index is 1.51. The second kappa shape index (κ2) is 7.58. The zero-order valence-corrected chi connectivity index (χ0v) is 16.2. The van der Waals surface area contributed by atoms with Crippen LogP contribution in [0.1, 0.15) is 45.3 Å². The minimum atomic E-state index is -0.229. The maximum atomic E-state index is 13.2. The first kappa shape index (κ1) is 18.4. The number of hydrogen-bond donors (Lipinski definition) is 0. The summed E-state index contributed by atoms with van der Waals surface area (Å²) in [5.74, 6) is 1.07. The largest absolute Gasteiger partial charge is 0.338 e. The van der Waals surface area contributed by atoms with Crippen molar-refractivity contribution in [2.45, 2.75) is 32.7 Å². The van der Waals surface area contributed by atoms with Gasteiger partial charge in [0, 0.05) is 43.0 Å². The average molecular weight is 377 g/mol. The molecule has 144 valence electrons. The summed E-state index contributed by atoms with van der Waals surface area (Å²) >= 11 is 0. The van der Waals surface area contributed by atoms with Crippen LogP contribution in [0.2, 0.25) is 0 Å². The summed E-state index contributed by atoms with van der Waals surface area (Å²) in [5.41, 5.74) is 3.94. The van der Waals surface area contributed by atoms with Crippen LogP contribution >= 0.6 is 0 Å². The van der Waals surface area contributed by atoms with Crippen molar-refractivity contribution in [3.8, 4) is 0 Å². The molecule has 0 aliphatic carbocycles. The SMILES string of the molecule is Cc1cccc(C(=O)N2CCC(c3ncc(C)n3Cc3ccc(F)cc3)C2)c1. The minimum Gasteiger partial charge on any atom is -0.338 e. The zero-order chi connectivity index (χ0) is 19.7. The molecule has 0 bridgehead atoms. The molecule has 2 aromatic carbocycles. The normalized spacial score (nSPS) is 16.5. The molecule has 28 heavy (non-hydrogen) atoms. The lowest BCUT2D eigenvalue weighted by Crippen LogP contribution is -2.28. The van der Waals surface area contributed by atoms with Crippen molar-refractivity contribution in [1.82, 2.24) is 14.5 Å². The van der Waals surface area contributed by atoms with Gasteiger partial charge in [-0.1, -0.05) is 29.8 Å². The fourth-order valence-electron chi connectivity index (χ4n) is 3.90. The van der Waals surface area contributed by atoms with E-state index in [0.29, 0.717) is 13.1 Å². The van der Waals surface area contributed by atoms with Gasteiger partial charge >= 0.3 is 0 Å². The molecule has 3 aromatic rings. The van der Waals surface area contributed by atoms with Gasteiger partial charge in [-0.2, -0.15) is 0 Å². The lowest BCUT2D eigenvalue weighted by atomic mass is 10.1. The zero-order valence-electron chi connectivity index (χ0n) is 16.2. The first-order valence-corrected chi connectivity index (χ1v) is 9.63. The fraction of sp³-hybridized carbons (Fsp3) is 0.304. The molecular formula is C23H24FN3O. The van der Waals surface area contributed by atoms with Crippen molar-refractivity contribution in [2.24, 2.45) is 0 Å². The second-order valence-electron chi connectivity index (χ2n) is 7.58. The van der Waals surface area contributed by atoms with E-state index in [4.69, 9.17) is 0 Å². The molecule has 0 spiro atoms. The van der Waals surface area contributed by atoms with E-state index < -0.39 is 0 Å². The average Bonchev–Trinajstić information content (AvgIpc) is 3.30. The quantitative estimate of drug-likeness (QED) is 0.679. The van der Waals surface area contributed by atoms with Crippen LogP contribution in [-0.2, 0) is 6.54 Å². The number of imidazole rings is 1. The van der Waals surface area contributed by atoms with Gasteiger partial charge < -0.3 is 9.47 Å². The Hall–Kier alpha value is -2.95. The van der Waals surface area contributed by atoms with E-state index in [0.717, 1.165) is 41.2 Å². The van der Waals surface area contributed by atoms with E-state index in [1.54, 1.807) is 12.1 Å². The second-order valence-corrected chi connectivity index (χ2v) is 7.58. The molecule has 5 heteroatoms. The van der Waals surface area contributed by atoms with Crippen molar-refractivity contribution in [1.29, 1.82) is 0 Å². The Morgan fingerprint density at radius 1 is 1.18 bits per heavy atom. The molecule has 0 radical (unpaired) electrons. The maximum absolute atomic E-state index is 13.2. The van der Waals surface area contributed by atoms with Crippen LogP contribution in [0, 0.1) is 19.7 Å². The summed E-state index contributed by atoms with van der Waals surface area (Å²) in [6.45, 7) is 6.10. The number of carbonyl (C=O) groups is 1. The molecule has 1 fully saturated rings. The van der Waals surface area contributed by atoms with E-state index in [2.05, 4.69) is 9.55 Å². The highest BCUT2D eigenvalue weighted by Gasteiger charge is 2.31. The molecule has 1 aromatic heterocycles. The highest BCUT2D eigenvalue weighted by molar-refractivity contribution is 5.94. The molecule has 1 aliphatic heterocycles. The van der Waals surface area contributed by atoms with E-state index in [9.17, 15) is 9.18 Å². The van der Waals surface area contributed by atoms with Crippen LogP contribution in [0.3, 0.4) is 0 Å². The molecule has 1 unspecified atom stereocenters. The van der Waals surface area contributed by atoms with E-state index in [1.807, 2.05) is 49.2 Å². The van der Waals surface area contributed by atoms with Gasteiger partial charge in [-0.25, -0.2) is 9.37 Å². The van der Waals surface area contributed by atoms with Gasteiger partial charge in [0.15, 0.2) is 0 Å². The molecular weight excluding hydrogens is 353 g/mol. The Labute approximate surface area is 164 Å². The number of rotatable bonds is 4. The van der Waals surface area contributed by atoms with E-state index in [1.165, 1.54) is 12.1 Å². The Kier molecular flexibility index (Phi) is 4.99. The van der Waals surface area contributed by atoms with E-state index >= 15 is 0 Å². The smallest absolute Gasteiger partial charge is 0.253 e. The summed E-state index contributed by atoms with van der Waals surface area (Å²) in [7, 11) is 0. The molecule has 1 atom stereocenters. The van der Waals surface area contributed by atoms with Crippen LogP contribution in [0.15, 0.2) is 54.7 Å². The first-order chi connectivity index (χ1) is 13.5. The van der Waals surface area contributed by atoms with Crippen LogP contribution in [0.5, 0.6) is 0 Å². The van der Waals surface area contributed by atoms with Crippen molar-refractivity contribution in [3.05, 3.63) is 88.8 Å². The highest BCUT2D eigenvalue weighted by atomic mass is 19.1. The summed E-state index contributed by atoms with van der Waals surface area (Å²) in [6.07, 6.45) is 2.78. The van der Waals surface area contributed by atoms with Gasteiger partial charge in [-0.3, -0.25) is 4.79 Å². The summed E-state index contributed by atoms with van der Waals surface area (Å²) in [5, 5.41) is 0. The number of aryl methyl sites for hydroxylation is 2. The topological polar surface area (TPSA) is 38.1 Å². The Morgan fingerprint density at radius 3 is 2.71 bits per heavy atom. The molecule has 1 aliphatic rings. The predicted molar refractivity (Wildman–Crippen MR) is 107 cm³/mol. The number of amides is 1. The minimum absolute atomic E-state index is 0.0829. The van der Waals surface area contributed by atoms with Gasteiger partial charge in [0.05, 0.1) is 0 Å². The first-order valence-electron chi connectivity index (χ1n) is 9.63. The summed E-state index contributed by atoms with van der Waals surface area (Å²) in [4.78, 5) is 19.4. The van der Waals surface area contributed by atoms with Crippen molar-refractivity contribution >= 4 is 5.91 Å². The van der Waals surface area contributed by atoms with Crippen LogP contribution < -0.4 is 0 Å². The van der Waals surface area contributed by atoms with Crippen molar-refractivity contribution < 1.29 is 9.18 Å². The summed E-state index contributed by atoms with van der Waals surface area (Å²) in [6, 6.07) is 14.3. The van der Waals surface area contributed by atoms with Gasteiger partial charge in [0.1, 0.15) is 11.6 Å². The molecule has 0 saturated carbocycles. The molecule has 2 heterocycles. The number of hydrogen-bond acceptors (Lipinski definition) is 2. The number of carbonyl (C=O) groups excluding carboxylic acids is 1. The molecule has 0 N–H and O–H groups in total. The number of likely N-dealkylation sites (tertiary alicyclic amines) is 1. The molecule has 4 rings (SSSR count). The van der Waals surface area contributed by atoms with Crippen LogP contribution in [0.25, 0.3) is 0 Å². The van der Waals surface area contributed by atoms with Crippen molar-refractivity contribution in [2.75, 3.05) is 13.1 Å². The lowest BCUT2D eigenvalue weighted by molar-refractivity contribution is 0.0790. The molecule has 1 amide bonds. The van der Waals surface area contributed by atoms with Crippen LogP contribution in [-0.4, -0.2) is 33.4 Å².